The Morgan fingerprint density at radius 3 is 2.67 bits per heavy atom. The van der Waals surface area contributed by atoms with Gasteiger partial charge >= 0.3 is 5.97 Å². The minimum absolute atomic E-state index is 0.0479. The summed E-state index contributed by atoms with van der Waals surface area (Å²) in [7, 11) is -0.608. The molecule has 27 heavy (non-hydrogen) atoms. The topological polar surface area (TPSA) is 97.3 Å². The van der Waals surface area contributed by atoms with Crippen molar-refractivity contribution < 1.29 is 17.9 Å². The Bertz CT molecular complexity index is 1100. The van der Waals surface area contributed by atoms with E-state index in [0.717, 1.165) is 9.82 Å². The number of fused-ring (bicyclic) bond motifs is 1. The molecule has 0 radical (unpaired) electrons. The number of aromatic nitrogens is 3. The normalized spacial score (nSPS) is 12.0. The number of benzene rings is 1. The van der Waals surface area contributed by atoms with Crippen LogP contribution in [0.15, 0.2) is 35.4 Å². The molecule has 0 saturated heterocycles. The standard InChI is InChI=1S/C17H19ClN4O4S/c1-4-22-15-6-5-12(27(24,25)21(2)3)8-13(15)20-16(22)10-26-17(23)14-7-11(18)9-19-14/h5-9,19H,4,10H2,1-3H3. The fourth-order valence-corrected chi connectivity index (χ4v) is 3.77. The van der Waals surface area contributed by atoms with Gasteiger partial charge in [0.1, 0.15) is 18.1 Å². The zero-order chi connectivity index (χ0) is 19.8. The summed E-state index contributed by atoms with van der Waals surface area (Å²) in [6.45, 7) is 2.48. The maximum atomic E-state index is 12.3. The Labute approximate surface area is 161 Å². The second kappa shape index (κ2) is 7.34. The van der Waals surface area contributed by atoms with Crippen molar-refractivity contribution in [3.05, 3.63) is 47.0 Å². The van der Waals surface area contributed by atoms with Gasteiger partial charge in [-0.05, 0) is 31.2 Å². The van der Waals surface area contributed by atoms with E-state index in [0.29, 0.717) is 22.9 Å². The molecule has 8 nitrogen and oxygen atoms in total. The minimum atomic E-state index is -3.56. The lowest BCUT2D eigenvalue weighted by Crippen LogP contribution is -2.22. The zero-order valence-electron chi connectivity index (χ0n) is 15.1. The third kappa shape index (κ3) is 3.71. The number of hydrogen-bond acceptors (Lipinski definition) is 5. The highest BCUT2D eigenvalue weighted by Gasteiger charge is 2.20. The second-order valence-electron chi connectivity index (χ2n) is 6.02. The van der Waals surface area contributed by atoms with E-state index in [1.54, 1.807) is 12.1 Å². The molecule has 1 N–H and O–H groups in total. The van der Waals surface area contributed by atoms with Crippen LogP contribution in [0.4, 0.5) is 0 Å². The Morgan fingerprint density at radius 1 is 1.33 bits per heavy atom. The first-order chi connectivity index (χ1) is 12.7. The number of H-pyrrole nitrogens is 1. The van der Waals surface area contributed by atoms with E-state index >= 15 is 0 Å². The number of esters is 1. The maximum Gasteiger partial charge on any atom is 0.355 e. The van der Waals surface area contributed by atoms with Crippen LogP contribution < -0.4 is 0 Å². The van der Waals surface area contributed by atoms with Gasteiger partial charge in [0.15, 0.2) is 0 Å². The van der Waals surface area contributed by atoms with E-state index in [1.807, 2.05) is 11.5 Å². The molecule has 144 valence electrons. The molecule has 0 spiro atoms. The van der Waals surface area contributed by atoms with Crippen LogP contribution >= 0.6 is 11.6 Å². The molecule has 3 aromatic rings. The Kier molecular flexibility index (Phi) is 5.27. The van der Waals surface area contributed by atoms with Crippen molar-refractivity contribution in [1.82, 2.24) is 18.8 Å². The van der Waals surface area contributed by atoms with Gasteiger partial charge < -0.3 is 14.3 Å². The van der Waals surface area contributed by atoms with E-state index in [-0.39, 0.29) is 17.2 Å². The molecule has 1 aromatic carbocycles. The lowest BCUT2D eigenvalue weighted by atomic mass is 10.3. The molecule has 0 bridgehead atoms. The number of aryl methyl sites for hydroxylation is 1. The molecule has 2 aromatic heterocycles. The number of sulfonamides is 1. The summed E-state index contributed by atoms with van der Waals surface area (Å²) < 4.78 is 33.0. The van der Waals surface area contributed by atoms with Crippen molar-refractivity contribution >= 4 is 38.6 Å². The van der Waals surface area contributed by atoms with Gasteiger partial charge in [-0.25, -0.2) is 22.5 Å². The first-order valence-corrected chi connectivity index (χ1v) is 9.98. The number of carbonyl (C=O) groups is 1. The number of rotatable bonds is 6. The van der Waals surface area contributed by atoms with Gasteiger partial charge in [-0.3, -0.25) is 0 Å². The smallest absolute Gasteiger partial charge is 0.355 e. The molecular weight excluding hydrogens is 392 g/mol. The number of nitrogens with one attached hydrogen (secondary N) is 1. The third-order valence-electron chi connectivity index (χ3n) is 4.09. The molecule has 0 amide bonds. The van der Waals surface area contributed by atoms with Crippen LogP contribution in [0.3, 0.4) is 0 Å². The second-order valence-corrected chi connectivity index (χ2v) is 8.61. The highest BCUT2D eigenvalue weighted by Crippen LogP contribution is 2.23. The van der Waals surface area contributed by atoms with Crippen molar-refractivity contribution in [3.63, 3.8) is 0 Å². The predicted octanol–water partition coefficient (Wildman–Crippen LogP) is 2.65. The Balaban J connectivity index is 1.90. The summed E-state index contributed by atoms with van der Waals surface area (Å²) in [5, 5.41) is 0.414. The third-order valence-corrected chi connectivity index (χ3v) is 6.12. The molecule has 0 unspecified atom stereocenters. The van der Waals surface area contributed by atoms with E-state index in [4.69, 9.17) is 16.3 Å². The summed E-state index contributed by atoms with van der Waals surface area (Å²) in [5.41, 5.74) is 1.54. The molecule has 0 atom stereocenters. The van der Waals surface area contributed by atoms with Gasteiger partial charge in [0.05, 0.1) is 21.0 Å². The van der Waals surface area contributed by atoms with E-state index in [9.17, 15) is 13.2 Å². The first-order valence-electron chi connectivity index (χ1n) is 8.16. The van der Waals surface area contributed by atoms with E-state index in [2.05, 4.69) is 9.97 Å². The average molecular weight is 411 g/mol. The van der Waals surface area contributed by atoms with Crippen LogP contribution in [0.1, 0.15) is 23.2 Å². The highest BCUT2D eigenvalue weighted by molar-refractivity contribution is 7.89. The van der Waals surface area contributed by atoms with Crippen LogP contribution in [-0.4, -0.2) is 47.3 Å². The largest absolute Gasteiger partial charge is 0.453 e. The fourth-order valence-electron chi connectivity index (χ4n) is 2.69. The summed E-state index contributed by atoms with van der Waals surface area (Å²) in [6, 6.07) is 6.25. The van der Waals surface area contributed by atoms with Gasteiger partial charge in [-0.1, -0.05) is 11.6 Å². The molecule has 2 heterocycles. The molecule has 0 aliphatic rings. The van der Waals surface area contributed by atoms with Crippen LogP contribution in [-0.2, 0) is 27.9 Å². The average Bonchev–Trinajstić information content (AvgIpc) is 3.21. The number of nitrogens with zero attached hydrogens (tertiary/aromatic N) is 3. The molecule has 0 fully saturated rings. The molecule has 0 aliphatic carbocycles. The Hall–Kier alpha value is -2.36. The van der Waals surface area contributed by atoms with Crippen molar-refractivity contribution in [1.29, 1.82) is 0 Å². The van der Waals surface area contributed by atoms with Gasteiger partial charge in [0, 0.05) is 26.8 Å². The molecular formula is C17H19ClN4O4S. The van der Waals surface area contributed by atoms with Crippen LogP contribution in [0.5, 0.6) is 0 Å². The SMILES string of the molecule is CCn1c(COC(=O)c2cc(Cl)c[nH]2)nc2cc(S(=O)(=O)N(C)C)ccc21. The van der Waals surface area contributed by atoms with Crippen LogP contribution in [0, 0.1) is 0 Å². The number of imidazole rings is 1. The van der Waals surface area contributed by atoms with Gasteiger partial charge in [0.2, 0.25) is 10.0 Å². The number of ether oxygens (including phenoxy) is 1. The van der Waals surface area contributed by atoms with Gasteiger partial charge in [-0.15, -0.1) is 0 Å². The lowest BCUT2D eigenvalue weighted by molar-refractivity contribution is 0.0452. The fraction of sp³-hybridized carbons (Fsp3) is 0.294. The van der Waals surface area contributed by atoms with Gasteiger partial charge in [0.25, 0.3) is 0 Å². The summed E-state index contributed by atoms with van der Waals surface area (Å²) in [6.07, 6.45) is 1.49. The first kappa shape index (κ1) is 19.4. The molecule has 3 rings (SSSR count). The lowest BCUT2D eigenvalue weighted by Gasteiger charge is -2.11. The van der Waals surface area contributed by atoms with Crippen molar-refractivity contribution in [2.75, 3.05) is 14.1 Å². The van der Waals surface area contributed by atoms with E-state index in [1.165, 1.54) is 32.4 Å². The highest BCUT2D eigenvalue weighted by atomic mass is 35.5. The number of aromatic amines is 1. The molecule has 10 heteroatoms. The van der Waals surface area contributed by atoms with E-state index < -0.39 is 16.0 Å². The predicted molar refractivity (Wildman–Crippen MR) is 101 cm³/mol. The summed E-state index contributed by atoms with van der Waals surface area (Å²) >= 11 is 5.79. The number of carbonyl (C=O) groups excluding carboxylic acids is 1. The molecule has 0 aliphatic heterocycles. The number of hydrogen-bond donors (Lipinski definition) is 1. The zero-order valence-corrected chi connectivity index (χ0v) is 16.6. The maximum absolute atomic E-state index is 12.3. The van der Waals surface area contributed by atoms with Crippen LogP contribution in [0.2, 0.25) is 5.02 Å². The Morgan fingerprint density at radius 2 is 2.07 bits per heavy atom. The van der Waals surface area contributed by atoms with Crippen LogP contribution in [0.25, 0.3) is 11.0 Å². The summed E-state index contributed by atoms with van der Waals surface area (Å²) in [5.74, 6) is -0.0228. The minimum Gasteiger partial charge on any atom is -0.453 e. The monoisotopic (exact) mass is 410 g/mol. The van der Waals surface area contributed by atoms with Crippen molar-refractivity contribution in [3.8, 4) is 0 Å². The van der Waals surface area contributed by atoms with Crippen molar-refractivity contribution in [2.24, 2.45) is 0 Å². The van der Waals surface area contributed by atoms with Gasteiger partial charge in [-0.2, -0.15) is 0 Å². The quantitative estimate of drug-likeness (QED) is 0.630. The molecule has 0 saturated carbocycles. The summed E-state index contributed by atoms with van der Waals surface area (Å²) in [4.78, 5) is 19.4. The van der Waals surface area contributed by atoms with Crippen molar-refractivity contribution in [2.45, 2.75) is 25.0 Å². The number of halogens is 1.